The van der Waals surface area contributed by atoms with Gasteiger partial charge in [-0.2, -0.15) is 0 Å². The van der Waals surface area contributed by atoms with Gasteiger partial charge in [0.05, 0.1) is 6.54 Å². The predicted molar refractivity (Wildman–Crippen MR) is 110 cm³/mol. The Kier molecular flexibility index (Phi) is 4.57. The molecule has 1 N–H and O–H groups in total. The zero-order valence-corrected chi connectivity index (χ0v) is 16.6. The molecular weight excluding hydrogens is 340 g/mol. The van der Waals surface area contributed by atoms with Gasteiger partial charge in [0.15, 0.2) is 6.54 Å². The second-order valence-electron chi connectivity index (χ2n) is 7.31. The van der Waals surface area contributed by atoms with Crippen molar-refractivity contribution in [3.63, 3.8) is 0 Å². The van der Waals surface area contributed by atoms with Gasteiger partial charge in [0, 0.05) is 11.3 Å². The summed E-state index contributed by atoms with van der Waals surface area (Å²) in [5.41, 5.74) is 5.11. The predicted octanol–water partition coefficient (Wildman–Crippen LogP) is 4.04. The summed E-state index contributed by atoms with van der Waals surface area (Å²) in [5.74, 6) is 1.11. The van der Waals surface area contributed by atoms with Crippen LogP contribution in [0.5, 0.6) is 0 Å². The molecule has 0 saturated carbocycles. The van der Waals surface area contributed by atoms with Crippen LogP contribution in [0, 0.1) is 13.8 Å². The van der Waals surface area contributed by atoms with Gasteiger partial charge < -0.3 is 5.11 Å². The number of nitrogens with zero attached hydrogens (tertiary/aromatic N) is 2. The highest BCUT2D eigenvalue weighted by molar-refractivity contribution is 8.13. The molecule has 0 spiro atoms. The molecule has 0 aliphatic carbocycles. The molecule has 136 valence electrons. The molecule has 2 aliphatic rings. The lowest BCUT2D eigenvalue weighted by Crippen LogP contribution is -2.41. The van der Waals surface area contributed by atoms with Gasteiger partial charge in [-0.3, -0.25) is 0 Å². The molecule has 0 amide bonds. The quantitative estimate of drug-likeness (QED) is 0.830. The minimum Gasteiger partial charge on any atom is -0.346 e. The van der Waals surface area contributed by atoms with Gasteiger partial charge in [0.1, 0.15) is 5.69 Å². The Bertz CT molecular complexity index is 859. The summed E-state index contributed by atoms with van der Waals surface area (Å²) in [7, 11) is 0. The summed E-state index contributed by atoms with van der Waals surface area (Å²) in [5, 5.41) is 13.0. The number of amidine groups is 1. The van der Waals surface area contributed by atoms with E-state index < -0.39 is 5.72 Å². The van der Waals surface area contributed by atoms with E-state index in [2.05, 4.69) is 72.7 Å². The smallest absolute Gasteiger partial charge is 0.316 e. The maximum Gasteiger partial charge on any atom is 0.316 e. The number of thioether (sulfide) groups is 1. The summed E-state index contributed by atoms with van der Waals surface area (Å²) in [4.78, 5) is 2.32. The topological polar surface area (TPSA) is 26.5 Å². The third-order valence-electron chi connectivity index (χ3n) is 5.74. The number of aryl methyl sites for hydroxylation is 2. The molecule has 26 heavy (non-hydrogen) atoms. The van der Waals surface area contributed by atoms with Gasteiger partial charge in [-0.25, -0.2) is 9.48 Å². The molecule has 3 nitrogen and oxygen atoms in total. The van der Waals surface area contributed by atoms with Crippen LogP contribution < -0.4 is 4.90 Å². The van der Waals surface area contributed by atoms with Crippen LogP contribution in [0.25, 0.3) is 0 Å². The highest BCUT2D eigenvalue weighted by atomic mass is 32.2. The highest BCUT2D eigenvalue weighted by Crippen LogP contribution is 2.39. The van der Waals surface area contributed by atoms with Gasteiger partial charge in [0.25, 0.3) is 5.72 Å². The van der Waals surface area contributed by atoms with E-state index in [0.717, 1.165) is 30.7 Å². The normalized spacial score (nSPS) is 22.7. The van der Waals surface area contributed by atoms with Crippen molar-refractivity contribution < 1.29 is 9.68 Å². The van der Waals surface area contributed by atoms with Crippen LogP contribution in [0.1, 0.15) is 35.6 Å². The molecule has 2 heterocycles. The third-order valence-corrected chi connectivity index (χ3v) is 6.93. The molecule has 4 heteroatoms. The van der Waals surface area contributed by atoms with Crippen LogP contribution in [0.15, 0.2) is 42.5 Å². The second-order valence-corrected chi connectivity index (χ2v) is 8.37. The minimum atomic E-state index is -0.967. The number of hydrogen-bond acceptors (Lipinski definition) is 3. The van der Waals surface area contributed by atoms with Gasteiger partial charge in [-0.1, -0.05) is 43.3 Å². The fraction of sp³-hybridized carbons (Fsp3) is 0.409. The molecule has 0 fully saturated rings. The van der Waals surface area contributed by atoms with Crippen molar-refractivity contribution in [2.75, 3.05) is 23.7 Å². The fourth-order valence-electron chi connectivity index (χ4n) is 3.97. The molecule has 0 aromatic heterocycles. The van der Waals surface area contributed by atoms with E-state index in [9.17, 15) is 5.11 Å². The number of benzene rings is 2. The average molecular weight is 368 g/mol. The number of β-amino-alcohol motifs (C(OH)–C–C–N with tert-alkyl or cyclic N) is 1. The van der Waals surface area contributed by atoms with Crippen LogP contribution in [-0.2, 0) is 12.1 Å². The number of hydrogen-bond donors (Lipinski definition) is 1. The molecule has 4 rings (SSSR count). The van der Waals surface area contributed by atoms with E-state index in [1.54, 1.807) is 0 Å². The van der Waals surface area contributed by atoms with Crippen molar-refractivity contribution in [3.05, 3.63) is 64.7 Å². The zero-order chi connectivity index (χ0) is 18.3. The van der Waals surface area contributed by atoms with Crippen LogP contribution >= 0.6 is 11.8 Å². The summed E-state index contributed by atoms with van der Waals surface area (Å²) in [6.45, 7) is 7.97. The second kappa shape index (κ2) is 6.75. The molecule has 1 atom stereocenters. The van der Waals surface area contributed by atoms with Crippen molar-refractivity contribution in [2.45, 2.75) is 39.3 Å². The van der Waals surface area contributed by atoms with Gasteiger partial charge in [-0.05, 0) is 61.2 Å². The first-order valence-corrected chi connectivity index (χ1v) is 10.5. The monoisotopic (exact) mass is 367 g/mol. The maximum atomic E-state index is 11.8. The Morgan fingerprint density at radius 2 is 1.92 bits per heavy atom. The lowest BCUT2D eigenvalue weighted by atomic mass is 9.99. The largest absolute Gasteiger partial charge is 0.346 e. The van der Waals surface area contributed by atoms with Crippen LogP contribution in [0.2, 0.25) is 0 Å². The third kappa shape index (κ3) is 2.76. The fourth-order valence-corrected chi connectivity index (χ4v) is 5.14. The molecule has 0 bridgehead atoms. The molecule has 0 saturated heterocycles. The Morgan fingerprint density at radius 3 is 2.65 bits per heavy atom. The molecule has 2 aromatic rings. The highest BCUT2D eigenvalue weighted by Gasteiger charge is 2.53. The maximum absolute atomic E-state index is 11.8. The van der Waals surface area contributed by atoms with Crippen LogP contribution in [-0.4, -0.2) is 33.7 Å². The summed E-state index contributed by atoms with van der Waals surface area (Å²) >= 11 is 1.86. The number of anilines is 1. The first-order chi connectivity index (χ1) is 12.5. The van der Waals surface area contributed by atoms with E-state index in [-0.39, 0.29) is 0 Å². The van der Waals surface area contributed by atoms with Crippen molar-refractivity contribution in [2.24, 2.45) is 0 Å². The van der Waals surface area contributed by atoms with Gasteiger partial charge in [-0.15, -0.1) is 0 Å². The van der Waals surface area contributed by atoms with Crippen molar-refractivity contribution in [1.82, 2.24) is 0 Å². The summed E-state index contributed by atoms with van der Waals surface area (Å²) in [6.07, 6.45) is 2.12. The van der Waals surface area contributed by atoms with E-state index in [1.807, 2.05) is 11.8 Å². The van der Waals surface area contributed by atoms with Gasteiger partial charge >= 0.3 is 5.17 Å². The molecule has 2 aliphatic heterocycles. The van der Waals surface area contributed by atoms with E-state index in [0.29, 0.717) is 6.54 Å². The standard InChI is InChI=1S/C22H27N2OS/c1-4-18-9-11-19(12-10-18)22(25)15-23(21-24(22)13-6-14-26-21)20-8-5-7-16(2)17(20)3/h5,7-12,25H,4,6,13-15H2,1-3H3/q+1/t22-/m0/s1. The van der Waals surface area contributed by atoms with Gasteiger partial charge in [0.2, 0.25) is 0 Å². The first kappa shape index (κ1) is 17.6. The van der Waals surface area contributed by atoms with Crippen LogP contribution in [0.3, 0.4) is 0 Å². The Balaban J connectivity index is 1.80. The van der Waals surface area contributed by atoms with Crippen molar-refractivity contribution in [1.29, 1.82) is 0 Å². The SMILES string of the molecule is CCc1ccc([C@@]2(O)CN(c3cccc(C)c3C)C3=[N+]2CCCS3)cc1. The Morgan fingerprint density at radius 1 is 1.15 bits per heavy atom. The first-order valence-electron chi connectivity index (χ1n) is 9.47. The number of aliphatic hydroxyl groups is 1. The molecule has 2 aromatic carbocycles. The lowest BCUT2D eigenvalue weighted by molar-refractivity contribution is -0.656. The zero-order valence-electron chi connectivity index (χ0n) is 15.8. The minimum absolute atomic E-state index is 0.575. The summed E-state index contributed by atoms with van der Waals surface area (Å²) in [6, 6.07) is 14.9. The van der Waals surface area contributed by atoms with E-state index in [4.69, 9.17) is 0 Å². The molecule has 0 radical (unpaired) electrons. The Labute approximate surface area is 160 Å². The van der Waals surface area contributed by atoms with Crippen molar-refractivity contribution >= 4 is 22.6 Å². The Hall–Kier alpha value is -1.78. The number of rotatable bonds is 3. The lowest BCUT2D eigenvalue weighted by Gasteiger charge is -2.24. The molecular formula is C22H27N2OS+. The van der Waals surface area contributed by atoms with E-state index in [1.165, 1.54) is 27.5 Å². The average Bonchev–Trinajstić information content (AvgIpc) is 2.98. The van der Waals surface area contributed by atoms with Crippen molar-refractivity contribution in [3.8, 4) is 0 Å². The van der Waals surface area contributed by atoms with Crippen LogP contribution in [0.4, 0.5) is 5.69 Å². The van der Waals surface area contributed by atoms with E-state index >= 15 is 0 Å². The molecule has 0 unspecified atom stereocenters. The summed E-state index contributed by atoms with van der Waals surface area (Å²) < 4.78 is 2.21.